The summed E-state index contributed by atoms with van der Waals surface area (Å²) in [6.45, 7) is 5.16. The third-order valence-electron chi connectivity index (χ3n) is 10.3. The first-order valence-electron chi connectivity index (χ1n) is 17.8. The molecule has 2 saturated heterocycles. The van der Waals surface area contributed by atoms with Crippen molar-refractivity contribution < 1.29 is 29.3 Å². The average Bonchev–Trinajstić information content (AvgIpc) is 3.74. The summed E-state index contributed by atoms with van der Waals surface area (Å²) < 4.78 is 16.9. The van der Waals surface area contributed by atoms with Crippen LogP contribution in [0.1, 0.15) is 11.4 Å². The van der Waals surface area contributed by atoms with Gasteiger partial charge in [0.1, 0.15) is 35.3 Å². The van der Waals surface area contributed by atoms with Gasteiger partial charge in [0.2, 0.25) is 0 Å². The predicted molar refractivity (Wildman–Crippen MR) is 206 cm³/mol. The maximum atomic E-state index is 13.6. The highest BCUT2D eigenvalue weighted by atomic mass is 35.5. The predicted octanol–water partition coefficient (Wildman–Crippen LogP) is 3.52. The van der Waals surface area contributed by atoms with E-state index >= 15 is 0 Å². The number of fused-ring (bicyclic) bond motifs is 2. The van der Waals surface area contributed by atoms with Gasteiger partial charge in [-0.25, -0.2) is 9.03 Å². The highest BCUT2D eigenvalue weighted by molar-refractivity contribution is 6.39. The molecule has 2 aliphatic heterocycles. The number of benzene rings is 2. The van der Waals surface area contributed by atoms with Gasteiger partial charge in [0, 0.05) is 72.2 Å². The molecule has 6 heterocycles. The Morgan fingerprint density at radius 3 is 1.46 bits per heavy atom. The third-order valence-corrected chi connectivity index (χ3v) is 11.2. The summed E-state index contributed by atoms with van der Waals surface area (Å²) in [5.41, 5.74) is 4.87. The van der Waals surface area contributed by atoms with E-state index in [1.54, 1.807) is 47.5 Å². The van der Waals surface area contributed by atoms with Gasteiger partial charge in [-0.05, 0) is 26.0 Å². The minimum Gasteiger partial charge on any atom is -0.481 e. The number of nitrogens with one attached hydrogen (secondary N) is 2. The lowest BCUT2D eigenvalue weighted by molar-refractivity contribution is -0.179. The molecule has 0 aliphatic carbocycles. The molecule has 0 bridgehead atoms. The number of carbonyl (C=O) groups is 2. The smallest absolute Gasteiger partial charge is 0.312 e. The Bertz CT molecular complexity index is 2490. The van der Waals surface area contributed by atoms with E-state index in [0.717, 1.165) is 0 Å². The van der Waals surface area contributed by atoms with Crippen LogP contribution >= 0.6 is 23.2 Å². The number of aromatic nitrogens is 6. The van der Waals surface area contributed by atoms with Crippen molar-refractivity contribution in [2.45, 2.75) is 39.4 Å². The Morgan fingerprint density at radius 2 is 1.11 bits per heavy atom. The summed E-state index contributed by atoms with van der Waals surface area (Å²) >= 11 is 14.2. The maximum Gasteiger partial charge on any atom is 0.312 e. The molecule has 2 aliphatic rings. The molecule has 0 saturated carbocycles. The topological polar surface area (TPSA) is 196 Å². The van der Waals surface area contributed by atoms with E-state index < -0.39 is 36.2 Å². The lowest BCUT2D eigenvalue weighted by Crippen LogP contribution is -2.54. The van der Waals surface area contributed by atoms with Crippen LogP contribution in [0.25, 0.3) is 44.7 Å². The molecular formula is C38H36Cl2N8O8. The fourth-order valence-electron chi connectivity index (χ4n) is 7.11. The monoisotopic (exact) mass is 802 g/mol. The first-order valence-corrected chi connectivity index (χ1v) is 18.6. The molecule has 2 fully saturated rings. The van der Waals surface area contributed by atoms with E-state index in [1.165, 1.54) is 9.03 Å². The van der Waals surface area contributed by atoms with Crippen molar-refractivity contribution in [3.63, 3.8) is 0 Å². The Morgan fingerprint density at radius 1 is 0.714 bits per heavy atom. The summed E-state index contributed by atoms with van der Waals surface area (Å²) in [5, 5.41) is 34.8. The lowest BCUT2D eigenvalue weighted by Gasteiger charge is -2.34. The summed E-state index contributed by atoms with van der Waals surface area (Å²) in [4.78, 5) is 49.8. The van der Waals surface area contributed by atoms with E-state index in [0.29, 0.717) is 92.3 Å². The van der Waals surface area contributed by atoms with E-state index in [2.05, 4.69) is 20.8 Å². The van der Waals surface area contributed by atoms with Crippen LogP contribution in [0.2, 0.25) is 10.0 Å². The van der Waals surface area contributed by atoms with E-state index in [4.69, 9.17) is 32.7 Å². The zero-order chi connectivity index (χ0) is 39.4. The normalized spacial score (nSPS) is 19.3. The standard InChI is InChI=1S/C38H36Cl2N8O8/c1-19-15-47-29(35(49)45(19)11-9-41-33-25(17-55-33)37(51)52)13-27(43-47)23-7-3-5-21(31(23)39)22-6-4-8-24(32(22)40)28-14-30-36(50)46(20(2)16-48(30)44-28)12-10-42-34-26(18-56-34)38(53)54/h3-8,13-16,25-26,33-34,41-42H,9-12,17-18H2,1-2H3,(H,51,52)(H,53,54). The van der Waals surface area contributed by atoms with Crippen LogP contribution in [0, 0.1) is 25.7 Å². The van der Waals surface area contributed by atoms with Crippen molar-refractivity contribution in [2.24, 2.45) is 11.8 Å². The van der Waals surface area contributed by atoms with Crippen molar-refractivity contribution >= 4 is 46.2 Å². The number of rotatable bonds is 13. The molecule has 0 radical (unpaired) electrons. The van der Waals surface area contributed by atoms with Crippen LogP contribution < -0.4 is 21.8 Å². The van der Waals surface area contributed by atoms with Crippen LogP contribution in [0.5, 0.6) is 0 Å². The summed E-state index contributed by atoms with van der Waals surface area (Å²) in [6.07, 6.45) is 2.31. The number of halogens is 2. The number of aryl methyl sites for hydroxylation is 2. The third kappa shape index (κ3) is 6.67. The second-order valence-corrected chi connectivity index (χ2v) is 14.6. The quantitative estimate of drug-likeness (QED) is 0.133. The van der Waals surface area contributed by atoms with Gasteiger partial charge in [-0.3, -0.25) is 29.8 Å². The number of carboxylic acids is 2. The number of nitrogens with zero attached hydrogens (tertiary/aromatic N) is 6. The number of aliphatic carboxylic acids is 2. The van der Waals surface area contributed by atoms with Gasteiger partial charge < -0.3 is 28.8 Å². The summed E-state index contributed by atoms with van der Waals surface area (Å²) in [7, 11) is 0. The highest BCUT2D eigenvalue weighted by Gasteiger charge is 2.38. The fraction of sp³-hybridized carbons (Fsp3) is 0.316. The van der Waals surface area contributed by atoms with Gasteiger partial charge in [-0.1, -0.05) is 59.6 Å². The number of ether oxygens (including phenoxy) is 2. The molecule has 4 unspecified atom stereocenters. The summed E-state index contributed by atoms with van der Waals surface area (Å²) in [6, 6.07) is 14.3. The van der Waals surface area contributed by atoms with Gasteiger partial charge in [-0.15, -0.1) is 0 Å². The minimum absolute atomic E-state index is 0.154. The van der Waals surface area contributed by atoms with Gasteiger partial charge in [0.15, 0.2) is 0 Å². The molecule has 290 valence electrons. The van der Waals surface area contributed by atoms with Crippen molar-refractivity contribution in [2.75, 3.05) is 26.3 Å². The Balaban J connectivity index is 1.05. The van der Waals surface area contributed by atoms with Crippen LogP contribution in [-0.4, -0.2) is 89.3 Å². The van der Waals surface area contributed by atoms with Crippen molar-refractivity contribution in [3.8, 4) is 33.6 Å². The largest absolute Gasteiger partial charge is 0.481 e. The van der Waals surface area contributed by atoms with Crippen molar-refractivity contribution in [1.82, 2.24) is 39.0 Å². The van der Waals surface area contributed by atoms with E-state index in [1.807, 2.05) is 36.4 Å². The van der Waals surface area contributed by atoms with Gasteiger partial charge in [-0.2, -0.15) is 10.2 Å². The minimum atomic E-state index is -0.927. The fourth-order valence-corrected chi connectivity index (χ4v) is 7.76. The first-order chi connectivity index (χ1) is 26.9. The van der Waals surface area contributed by atoms with Crippen LogP contribution in [0.4, 0.5) is 0 Å². The zero-order valence-electron chi connectivity index (χ0n) is 30.1. The second kappa shape index (κ2) is 14.9. The Labute approximate surface area is 327 Å². The molecule has 16 nitrogen and oxygen atoms in total. The molecule has 2 aromatic carbocycles. The molecule has 18 heteroatoms. The van der Waals surface area contributed by atoms with Gasteiger partial charge in [0.05, 0.1) is 34.6 Å². The molecule has 56 heavy (non-hydrogen) atoms. The lowest BCUT2D eigenvalue weighted by atomic mass is 9.98. The molecule has 4 aromatic heterocycles. The second-order valence-electron chi connectivity index (χ2n) is 13.8. The average molecular weight is 804 g/mol. The van der Waals surface area contributed by atoms with Crippen molar-refractivity contribution in [3.05, 3.63) is 103 Å². The van der Waals surface area contributed by atoms with E-state index in [-0.39, 0.29) is 24.3 Å². The molecule has 0 spiro atoms. The number of hydrogen-bond donors (Lipinski definition) is 4. The highest BCUT2D eigenvalue weighted by Crippen LogP contribution is 2.42. The van der Waals surface area contributed by atoms with Crippen LogP contribution in [0.15, 0.2) is 70.5 Å². The van der Waals surface area contributed by atoms with E-state index in [9.17, 15) is 29.4 Å². The zero-order valence-corrected chi connectivity index (χ0v) is 31.6. The SMILES string of the molecule is Cc1cn2nc(-c3cccc(-c4cccc(-c5cc6c(=O)n(CCNC7OCC7C(=O)O)c(C)cn6n5)c4Cl)c3Cl)cc2c(=O)n1CCNC1OCC1C(=O)O. The van der Waals surface area contributed by atoms with Gasteiger partial charge in [0.25, 0.3) is 11.1 Å². The Kier molecular flexibility index (Phi) is 10.0. The first kappa shape index (κ1) is 37.6. The van der Waals surface area contributed by atoms with Crippen LogP contribution in [-0.2, 0) is 32.2 Å². The molecule has 6 aromatic rings. The summed E-state index contributed by atoms with van der Waals surface area (Å²) in [5.74, 6) is -3.09. The maximum absolute atomic E-state index is 13.6. The van der Waals surface area contributed by atoms with Crippen molar-refractivity contribution in [1.29, 1.82) is 0 Å². The molecule has 4 atom stereocenters. The molecule has 0 amide bonds. The number of carboxylic acid groups (broad SMARTS) is 2. The molecule has 4 N–H and O–H groups in total. The van der Waals surface area contributed by atoms with Crippen LogP contribution in [0.3, 0.4) is 0 Å². The number of hydrogen-bond acceptors (Lipinski definition) is 10. The van der Waals surface area contributed by atoms with Gasteiger partial charge >= 0.3 is 11.9 Å². The molecule has 8 rings (SSSR count). The molecular weight excluding hydrogens is 767 g/mol. The Hall–Kier alpha value is -5.36.